The molecule has 0 heterocycles. The van der Waals surface area contributed by atoms with Crippen molar-refractivity contribution in [1.29, 1.82) is 0 Å². The number of methoxy groups -OCH3 is 3. The van der Waals surface area contributed by atoms with Crippen LogP contribution in [0.1, 0.15) is 44.4 Å². The Kier molecular flexibility index (Phi) is 5.97. The Morgan fingerprint density at radius 3 is 1.62 bits per heavy atom. The molecule has 0 aliphatic heterocycles. The summed E-state index contributed by atoms with van der Waals surface area (Å²) in [6, 6.07) is 29.1. The van der Waals surface area contributed by atoms with E-state index in [0.717, 1.165) is 11.1 Å². The lowest BCUT2D eigenvalue weighted by Gasteiger charge is -2.42. The molecule has 0 radical (unpaired) electrons. The van der Waals surface area contributed by atoms with Gasteiger partial charge in [-0.05, 0) is 58.7 Å². The molecule has 4 aromatic rings. The van der Waals surface area contributed by atoms with Crippen molar-refractivity contribution in [2.75, 3.05) is 21.3 Å². The van der Waals surface area contributed by atoms with Gasteiger partial charge in [-0.1, -0.05) is 60.7 Å². The van der Waals surface area contributed by atoms with Crippen molar-refractivity contribution in [3.8, 4) is 17.2 Å². The lowest BCUT2D eigenvalue weighted by Crippen LogP contribution is -2.49. The van der Waals surface area contributed by atoms with Crippen LogP contribution in [-0.2, 0) is 11.2 Å². The molecule has 5 atom stereocenters. The van der Waals surface area contributed by atoms with Crippen LogP contribution in [0.5, 0.6) is 17.2 Å². The summed E-state index contributed by atoms with van der Waals surface area (Å²) in [5.74, 6) is -0.372. The minimum atomic E-state index is -1.90. The number of hydrogen-bond acceptors (Lipinski definition) is 6. The third-order valence-electron chi connectivity index (χ3n) is 8.59. The average molecular weight is 523 g/mol. The molecule has 0 spiro atoms. The van der Waals surface area contributed by atoms with Crippen LogP contribution < -0.4 is 14.2 Å². The van der Waals surface area contributed by atoms with Crippen LogP contribution in [0.25, 0.3) is 0 Å². The molecule has 6 nitrogen and oxygen atoms in total. The number of aliphatic hydroxyl groups is 2. The molecule has 1 saturated carbocycles. The molecule has 2 aliphatic carbocycles. The van der Waals surface area contributed by atoms with Gasteiger partial charge in [0.25, 0.3) is 0 Å². The van der Waals surface area contributed by atoms with Crippen LogP contribution >= 0.6 is 0 Å². The number of benzene rings is 4. The quantitative estimate of drug-likeness (QED) is 0.363. The first kappa shape index (κ1) is 25.2. The second-order valence-electron chi connectivity index (χ2n) is 10.2. The van der Waals surface area contributed by atoms with E-state index in [1.165, 1.54) is 0 Å². The van der Waals surface area contributed by atoms with E-state index < -0.39 is 29.0 Å². The van der Waals surface area contributed by atoms with Crippen molar-refractivity contribution in [1.82, 2.24) is 0 Å². The van der Waals surface area contributed by atoms with E-state index >= 15 is 0 Å². The van der Waals surface area contributed by atoms with E-state index in [-0.39, 0.29) is 5.78 Å². The smallest absolute Gasteiger partial charge is 0.170 e. The minimum Gasteiger partial charge on any atom is -0.497 e. The summed E-state index contributed by atoms with van der Waals surface area (Å²) in [6.07, 6.45) is 0. The van der Waals surface area contributed by atoms with Gasteiger partial charge in [-0.25, -0.2) is 0 Å². The van der Waals surface area contributed by atoms with E-state index in [2.05, 4.69) is 0 Å². The summed E-state index contributed by atoms with van der Waals surface area (Å²) in [5, 5.41) is 26.0. The number of fused-ring (bicyclic) bond motifs is 3. The Morgan fingerprint density at radius 1 is 0.590 bits per heavy atom. The Bertz CT molecular complexity index is 1510. The molecule has 0 bridgehead atoms. The second kappa shape index (κ2) is 9.26. The predicted molar refractivity (Wildman–Crippen MR) is 147 cm³/mol. The largest absolute Gasteiger partial charge is 0.497 e. The van der Waals surface area contributed by atoms with Gasteiger partial charge in [0.2, 0.25) is 0 Å². The van der Waals surface area contributed by atoms with Gasteiger partial charge in [-0.3, -0.25) is 4.79 Å². The van der Waals surface area contributed by atoms with Gasteiger partial charge in [0.15, 0.2) is 5.78 Å². The highest BCUT2D eigenvalue weighted by molar-refractivity contribution is 6.05. The Balaban J connectivity index is 1.67. The number of carbonyl (C=O) groups excluding carboxylic acids is 1. The van der Waals surface area contributed by atoms with Crippen molar-refractivity contribution in [3.05, 3.63) is 125 Å². The van der Waals surface area contributed by atoms with Gasteiger partial charge >= 0.3 is 0 Å². The average Bonchev–Trinajstić information content (AvgIpc) is 3.36. The standard InChI is InChI=1S/C33H30O6/c1-37-23-14-8-20(9-15-23)28-29(21-10-16-24(38-2)17-11-21)32(35,22-12-18-25(39-3)19-13-22)33(36)27-7-5-4-6-26(27)31(34)30(28)33/h4-19,28-30,35-36H,1-3H3. The van der Waals surface area contributed by atoms with Gasteiger partial charge in [0, 0.05) is 17.4 Å². The van der Waals surface area contributed by atoms with Crippen molar-refractivity contribution in [2.45, 2.75) is 23.0 Å². The lowest BCUT2D eigenvalue weighted by molar-refractivity contribution is -0.159. The molecular weight excluding hydrogens is 492 g/mol. The SMILES string of the molecule is COc1ccc(C2C3C(=O)c4ccccc4C3(O)C(O)(c3ccc(OC)cc3)C2c2ccc(OC)cc2)cc1. The van der Waals surface area contributed by atoms with Crippen molar-refractivity contribution in [3.63, 3.8) is 0 Å². The summed E-state index contributed by atoms with van der Waals surface area (Å²) in [6.45, 7) is 0. The van der Waals surface area contributed by atoms with Gasteiger partial charge in [-0.2, -0.15) is 0 Å². The molecule has 0 saturated heterocycles. The molecule has 6 rings (SSSR count). The van der Waals surface area contributed by atoms with E-state index in [1.54, 1.807) is 69.9 Å². The van der Waals surface area contributed by atoms with Crippen LogP contribution in [0.3, 0.4) is 0 Å². The number of rotatable bonds is 6. The van der Waals surface area contributed by atoms with Crippen LogP contribution in [0.4, 0.5) is 0 Å². The molecule has 198 valence electrons. The summed E-state index contributed by atoms with van der Waals surface area (Å²) < 4.78 is 16.2. The molecule has 0 amide bonds. The maximum Gasteiger partial charge on any atom is 0.170 e. The predicted octanol–water partition coefficient (Wildman–Crippen LogP) is 5.18. The first-order valence-corrected chi connectivity index (χ1v) is 12.9. The Hall–Kier alpha value is -4.13. The highest BCUT2D eigenvalue weighted by atomic mass is 16.5. The normalized spacial score (nSPS) is 27.1. The first-order valence-electron chi connectivity index (χ1n) is 12.9. The van der Waals surface area contributed by atoms with Gasteiger partial charge in [-0.15, -0.1) is 0 Å². The van der Waals surface area contributed by atoms with Crippen molar-refractivity contribution in [2.24, 2.45) is 5.92 Å². The fourth-order valence-corrected chi connectivity index (χ4v) is 6.83. The van der Waals surface area contributed by atoms with E-state index in [0.29, 0.717) is 33.9 Å². The van der Waals surface area contributed by atoms with E-state index in [1.807, 2.05) is 48.5 Å². The summed E-state index contributed by atoms with van der Waals surface area (Å²) in [7, 11) is 4.78. The topological polar surface area (TPSA) is 85.2 Å². The third kappa shape index (κ3) is 3.45. The maximum atomic E-state index is 14.2. The molecule has 4 aromatic carbocycles. The fraction of sp³-hybridized carbons (Fsp3) is 0.242. The zero-order valence-electron chi connectivity index (χ0n) is 22.0. The zero-order valence-corrected chi connectivity index (χ0v) is 22.0. The summed E-state index contributed by atoms with van der Waals surface area (Å²) >= 11 is 0. The lowest BCUT2D eigenvalue weighted by atomic mass is 9.69. The highest BCUT2D eigenvalue weighted by Crippen LogP contribution is 2.70. The summed E-state index contributed by atoms with van der Waals surface area (Å²) in [4.78, 5) is 14.2. The number of Topliss-reactive ketones (excluding diaryl/α,β-unsaturated/α-hetero) is 1. The number of carbonyl (C=O) groups is 1. The fourth-order valence-electron chi connectivity index (χ4n) is 6.83. The number of ketones is 1. The first-order chi connectivity index (χ1) is 18.9. The van der Waals surface area contributed by atoms with Gasteiger partial charge < -0.3 is 24.4 Å². The molecule has 6 heteroatoms. The minimum absolute atomic E-state index is 0.183. The maximum absolute atomic E-state index is 14.2. The molecule has 5 unspecified atom stereocenters. The van der Waals surface area contributed by atoms with Crippen molar-refractivity contribution >= 4 is 5.78 Å². The molecule has 2 aliphatic rings. The second-order valence-corrected chi connectivity index (χ2v) is 10.2. The van der Waals surface area contributed by atoms with Crippen molar-refractivity contribution < 1.29 is 29.2 Å². The monoisotopic (exact) mass is 522 g/mol. The van der Waals surface area contributed by atoms with E-state index in [9.17, 15) is 15.0 Å². The van der Waals surface area contributed by atoms with Crippen LogP contribution in [0.15, 0.2) is 97.1 Å². The molecule has 1 fully saturated rings. The molecule has 2 N–H and O–H groups in total. The molecule has 39 heavy (non-hydrogen) atoms. The molecule has 0 aromatic heterocycles. The van der Waals surface area contributed by atoms with Gasteiger partial charge in [0.05, 0.1) is 27.2 Å². The van der Waals surface area contributed by atoms with Crippen LogP contribution in [0.2, 0.25) is 0 Å². The van der Waals surface area contributed by atoms with Crippen LogP contribution in [0, 0.1) is 5.92 Å². The molecular formula is C33H30O6. The Morgan fingerprint density at radius 2 is 1.08 bits per heavy atom. The summed E-state index contributed by atoms with van der Waals surface area (Å²) in [5.41, 5.74) is -0.794. The number of ether oxygens (including phenoxy) is 3. The highest BCUT2D eigenvalue weighted by Gasteiger charge is 2.75. The van der Waals surface area contributed by atoms with Crippen LogP contribution in [-0.4, -0.2) is 37.3 Å². The Labute approximate surface area is 227 Å². The van der Waals surface area contributed by atoms with E-state index in [4.69, 9.17) is 14.2 Å². The van der Waals surface area contributed by atoms with Gasteiger partial charge in [0.1, 0.15) is 28.5 Å². The third-order valence-corrected chi connectivity index (χ3v) is 8.59. The number of hydrogen-bond donors (Lipinski definition) is 2. The zero-order chi connectivity index (χ0) is 27.4.